The fourth-order valence-electron chi connectivity index (χ4n) is 2.45. The summed E-state index contributed by atoms with van der Waals surface area (Å²) in [7, 11) is 0. The van der Waals surface area contributed by atoms with E-state index >= 15 is 0 Å². The van der Waals surface area contributed by atoms with E-state index < -0.39 is 0 Å². The van der Waals surface area contributed by atoms with E-state index in [-0.39, 0.29) is 17.9 Å². The molecule has 124 valence electrons. The highest BCUT2D eigenvalue weighted by Crippen LogP contribution is 2.14. The zero-order valence-electron chi connectivity index (χ0n) is 13.0. The standard InChI is InChI=1S/C16H16ClN5O2/c1-10-12(15(24)22-16(21-10)19-9-20-22)6-7-14(23)18-8-11-4-2-3-5-13(11)17/h2-5,9H,6-8H2,1H3,(H,18,23)(H,19,20,21). The predicted octanol–water partition coefficient (Wildman–Crippen LogP) is 1.63. The van der Waals surface area contributed by atoms with Crippen LogP contribution in [0, 0.1) is 6.92 Å². The first-order valence-corrected chi connectivity index (χ1v) is 7.86. The van der Waals surface area contributed by atoms with Crippen molar-refractivity contribution in [2.75, 3.05) is 0 Å². The molecule has 0 aliphatic heterocycles. The number of aryl methyl sites for hydroxylation is 1. The lowest BCUT2D eigenvalue weighted by molar-refractivity contribution is -0.121. The van der Waals surface area contributed by atoms with Gasteiger partial charge in [-0.2, -0.15) is 4.52 Å². The number of nitrogens with zero attached hydrogens (tertiary/aromatic N) is 3. The Morgan fingerprint density at radius 3 is 2.96 bits per heavy atom. The predicted molar refractivity (Wildman–Crippen MR) is 90.0 cm³/mol. The van der Waals surface area contributed by atoms with Gasteiger partial charge in [-0.3, -0.25) is 14.7 Å². The van der Waals surface area contributed by atoms with Crippen LogP contribution in [-0.4, -0.2) is 25.5 Å². The average molecular weight is 346 g/mol. The molecule has 0 aliphatic rings. The quantitative estimate of drug-likeness (QED) is 0.735. The Labute approximate surface area is 142 Å². The summed E-state index contributed by atoms with van der Waals surface area (Å²) in [4.78, 5) is 32.6. The minimum absolute atomic E-state index is 0.150. The lowest BCUT2D eigenvalue weighted by Crippen LogP contribution is -2.26. The number of rotatable bonds is 5. The zero-order chi connectivity index (χ0) is 17.1. The molecule has 3 rings (SSSR count). The number of amides is 1. The van der Waals surface area contributed by atoms with Gasteiger partial charge < -0.3 is 5.32 Å². The van der Waals surface area contributed by atoms with Gasteiger partial charge in [0, 0.05) is 23.6 Å². The summed E-state index contributed by atoms with van der Waals surface area (Å²) < 4.78 is 1.27. The minimum Gasteiger partial charge on any atom is -0.352 e. The summed E-state index contributed by atoms with van der Waals surface area (Å²) in [5, 5.41) is 6.13. The number of hydrogen-bond acceptors (Lipinski definition) is 4. The molecular weight excluding hydrogens is 330 g/mol. The molecule has 2 N–H and O–H groups in total. The maximum Gasteiger partial charge on any atom is 0.277 e. The number of H-pyrrole nitrogens is 1. The highest BCUT2D eigenvalue weighted by Gasteiger charge is 2.13. The lowest BCUT2D eigenvalue weighted by Gasteiger charge is -2.08. The maximum atomic E-state index is 12.3. The van der Waals surface area contributed by atoms with Crippen LogP contribution in [0.2, 0.25) is 5.02 Å². The third-order valence-electron chi connectivity index (χ3n) is 3.77. The van der Waals surface area contributed by atoms with Crippen LogP contribution in [0.25, 0.3) is 5.78 Å². The van der Waals surface area contributed by atoms with Gasteiger partial charge in [-0.05, 0) is 25.0 Å². The lowest BCUT2D eigenvalue weighted by atomic mass is 10.1. The van der Waals surface area contributed by atoms with E-state index in [0.29, 0.717) is 35.0 Å². The van der Waals surface area contributed by atoms with Crippen molar-refractivity contribution in [2.24, 2.45) is 0 Å². The fourth-order valence-corrected chi connectivity index (χ4v) is 2.65. The van der Waals surface area contributed by atoms with Crippen molar-refractivity contribution < 1.29 is 4.79 Å². The van der Waals surface area contributed by atoms with Crippen LogP contribution in [0.3, 0.4) is 0 Å². The number of aromatic nitrogens is 4. The van der Waals surface area contributed by atoms with Crippen molar-refractivity contribution in [3.05, 3.63) is 62.8 Å². The third-order valence-corrected chi connectivity index (χ3v) is 4.14. The molecule has 0 unspecified atom stereocenters. The highest BCUT2D eigenvalue weighted by molar-refractivity contribution is 6.31. The van der Waals surface area contributed by atoms with Crippen molar-refractivity contribution in [3.63, 3.8) is 0 Å². The van der Waals surface area contributed by atoms with Crippen molar-refractivity contribution in [1.29, 1.82) is 0 Å². The molecule has 2 heterocycles. The summed E-state index contributed by atoms with van der Waals surface area (Å²) in [5.74, 6) is 0.174. The van der Waals surface area contributed by atoms with Gasteiger partial charge in [0.15, 0.2) is 0 Å². The number of fused-ring (bicyclic) bond motifs is 1. The molecule has 3 aromatic rings. The molecule has 8 heteroatoms. The van der Waals surface area contributed by atoms with Gasteiger partial charge in [0.1, 0.15) is 6.33 Å². The second-order valence-electron chi connectivity index (χ2n) is 5.37. The molecule has 0 fully saturated rings. The fraction of sp³-hybridized carbons (Fsp3) is 0.250. The molecule has 2 aromatic heterocycles. The van der Waals surface area contributed by atoms with Crippen LogP contribution >= 0.6 is 11.6 Å². The van der Waals surface area contributed by atoms with E-state index in [0.717, 1.165) is 5.56 Å². The van der Waals surface area contributed by atoms with E-state index in [1.54, 1.807) is 13.0 Å². The topological polar surface area (TPSA) is 92.2 Å². The van der Waals surface area contributed by atoms with Gasteiger partial charge in [0.2, 0.25) is 5.91 Å². The molecule has 0 bridgehead atoms. The van der Waals surface area contributed by atoms with Crippen LogP contribution in [-0.2, 0) is 17.8 Å². The summed E-state index contributed by atoms with van der Waals surface area (Å²) in [6.07, 6.45) is 1.92. The Balaban J connectivity index is 1.64. The monoisotopic (exact) mass is 345 g/mol. The number of nitrogens with one attached hydrogen (secondary N) is 2. The number of aromatic amines is 1. The normalized spacial score (nSPS) is 10.9. The Morgan fingerprint density at radius 1 is 1.38 bits per heavy atom. The second-order valence-corrected chi connectivity index (χ2v) is 5.78. The zero-order valence-corrected chi connectivity index (χ0v) is 13.8. The molecule has 7 nitrogen and oxygen atoms in total. The Morgan fingerprint density at radius 2 is 2.17 bits per heavy atom. The first kappa shape index (κ1) is 16.2. The first-order valence-electron chi connectivity index (χ1n) is 7.48. The average Bonchev–Trinajstić information content (AvgIpc) is 3.02. The number of carbonyl (C=O) groups is 1. The largest absolute Gasteiger partial charge is 0.352 e. The smallest absolute Gasteiger partial charge is 0.277 e. The summed E-state index contributed by atoms with van der Waals surface area (Å²) >= 11 is 6.05. The first-order chi connectivity index (χ1) is 11.6. The number of halogens is 1. The van der Waals surface area contributed by atoms with Gasteiger partial charge in [0.05, 0.1) is 5.69 Å². The Hall–Kier alpha value is -2.67. The van der Waals surface area contributed by atoms with Gasteiger partial charge in [-0.25, -0.2) is 9.97 Å². The molecule has 24 heavy (non-hydrogen) atoms. The van der Waals surface area contributed by atoms with Crippen molar-refractivity contribution in [3.8, 4) is 0 Å². The van der Waals surface area contributed by atoms with Crippen LogP contribution in [0.4, 0.5) is 0 Å². The van der Waals surface area contributed by atoms with Gasteiger partial charge in [-0.1, -0.05) is 29.8 Å². The van der Waals surface area contributed by atoms with Crippen LogP contribution in [0.5, 0.6) is 0 Å². The molecule has 0 saturated carbocycles. The highest BCUT2D eigenvalue weighted by atomic mass is 35.5. The van der Waals surface area contributed by atoms with E-state index in [1.807, 2.05) is 18.2 Å². The van der Waals surface area contributed by atoms with Gasteiger partial charge in [0.25, 0.3) is 11.3 Å². The van der Waals surface area contributed by atoms with Crippen LogP contribution in [0.15, 0.2) is 35.4 Å². The summed E-state index contributed by atoms with van der Waals surface area (Å²) in [5.41, 5.74) is 1.72. The van der Waals surface area contributed by atoms with E-state index in [2.05, 4.69) is 20.4 Å². The number of carbonyl (C=O) groups excluding carboxylic acids is 1. The molecule has 0 saturated heterocycles. The van der Waals surface area contributed by atoms with E-state index in [9.17, 15) is 9.59 Å². The number of benzene rings is 1. The van der Waals surface area contributed by atoms with Gasteiger partial charge in [-0.15, -0.1) is 0 Å². The molecule has 0 radical (unpaired) electrons. The van der Waals surface area contributed by atoms with Crippen molar-refractivity contribution in [2.45, 2.75) is 26.3 Å². The SMILES string of the molecule is Cc1nc2nc[nH]n2c(=O)c1CCC(=O)NCc1ccccc1Cl. The van der Waals surface area contributed by atoms with Crippen molar-refractivity contribution in [1.82, 2.24) is 24.9 Å². The third kappa shape index (κ3) is 3.30. The van der Waals surface area contributed by atoms with Crippen LogP contribution in [0.1, 0.15) is 23.2 Å². The molecule has 0 spiro atoms. The molecule has 1 aromatic carbocycles. The Bertz CT molecular complexity index is 947. The molecule has 0 aliphatic carbocycles. The second kappa shape index (κ2) is 6.84. The molecular formula is C16H16ClN5O2. The van der Waals surface area contributed by atoms with Crippen LogP contribution < -0.4 is 10.9 Å². The van der Waals surface area contributed by atoms with Crippen molar-refractivity contribution >= 4 is 23.3 Å². The molecule has 0 atom stereocenters. The minimum atomic E-state index is -0.228. The Kier molecular flexibility index (Phi) is 4.61. The maximum absolute atomic E-state index is 12.3. The number of hydrogen-bond donors (Lipinski definition) is 2. The van der Waals surface area contributed by atoms with E-state index in [1.165, 1.54) is 10.8 Å². The van der Waals surface area contributed by atoms with E-state index in [4.69, 9.17) is 11.6 Å². The van der Waals surface area contributed by atoms with Gasteiger partial charge >= 0.3 is 0 Å². The summed E-state index contributed by atoms with van der Waals surface area (Å²) in [6.45, 7) is 2.10. The summed E-state index contributed by atoms with van der Waals surface area (Å²) in [6, 6.07) is 7.33. The molecule has 1 amide bonds.